The van der Waals surface area contributed by atoms with Gasteiger partial charge in [0.15, 0.2) is 6.10 Å². The predicted molar refractivity (Wildman–Crippen MR) is 292 cm³/mol. The number of carbonyl (C=O) groups is 3. The van der Waals surface area contributed by atoms with Gasteiger partial charge in [0.1, 0.15) is 13.2 Å². The van der Waals surface area contributed by atoms with Crippen LogP contribution < -0.4 is 0 Å². The minimum absolute atomic E-state index is 0.131. The van der Waals surface area contributed by atoms with Crippen molar-refractivity contribution in [2.45, 2.75) is 200 Å². The molecule has 0 fully saturated rings. The average molecular weight is 935 g/mol. The van der Waals surface area contributed by atoms with Crippen molar-refractivity contribution in [1.29, 1.82) is 0 Å². The smallest absolute Gasteiger partial charge is 0.306 e. The third-order valence-corrected chi connectivity index (χ3v) is 10.3. The largest absolute Gasteiger partial charge is 0.462 e. The second-order valence-corrected chi connectivity index (χ2v) is 16.6. The van der Waals surface area contributed by atoms with Gasteiger partial charge in [0.05, 0.1) is 0 Å². The summed E-state index contributed by atoms with van der Waals surface area (Å²) in [6.45, 7) is 6.17. The van der Waals surface area contributed by atoms with E-state index in [0.717, 1.165) is 148 Å². The van der Waals surface area contributed by atoms with E-state index in [0.29, 0.717) is 19.3 Å². The standard InChI is InChI=1S/C62H94O6/c1-4-7-10-13-16-19-22-25-28-30-31-33-34-37-40-43-46-49-52-55-61(64)67-58-59(57-66-60(63)54-51-48-45-42-39-36-27-24-21-18-15-12-9-6-3)68-62(65)56-53-50-47-44-41-38-35-32-29-26-23-20-17-14-11-8-5-2/h7-12,16-21,25-29,31,33,35-38,40,44,47,59H,4-6,13-15,22-24,30,32,34,39,41-43,45-46,48-58H2,1-3H3/b10-7-,11-8-,12-9-,19-16-,20-17-,21-18-,28-25-,29-26-,33-31-,36-27-,38-35-,40-37-,47-44-. The summed E-state index contributed by atoms with van der Waals surface area (Å²) < 4.78 is 16.7. The van der Waals surface area contributed by atoms with Crippen molar-refractivity contribution in [3.05, 3.63) is 158 Å². The van der Waals surface area contributed by atoms with Gasteiger partial charge in [0.25, 0.3) is 0 Å². The Morgan fingerprint density at radius 3 is 0.868 bits per heavy atom. The molecule has 0 spiro atoms. The lowest BCUT2D eigenvalue weighted by Gasteiger charge is -2.18. The van der Waals surface area contributed by atoms with Crippen molar-refractivity contribution >= 4 is 17.9 Å². The Morgan fingerprint density at radius 2 is 0.544 bits per heavy atom. The lowest BCUT2D eigenvalue weighted by Crippen LogP contribution is -2.30. The number of rotatable bonds is 45. The Hall–Kier alpha value is -4.97. The van der Waals surface area contributed by atoms with Gasteiger partial charge in [0.2, 0.25) is 0 Å². The first-order valence-corrected chi connectivity index (χ1v) is 26.5. The first-order valence-electron chi connectivity index (χ1n) is 26.5. The summed E-state index contributed by atoms with van der Waals surface area (Å²) in [5.74, 6) is -1.06. The topological polar surface area (TPSA) is 78.9 Å². The molecular formula is C62H94O6. The number of carbonyl (C=O) groups excluding carboxylic acids is 3. The van der Waals surface area contributed by atoms with Gasteiger partial charge >= 0.3 is 17.9 Å². The maximum absolute atomic E-state index is 12.8. The van der Waals surface area contributed by atoms with Crippen LogP contribution >= 0.6 is 0 Å². The van der Waals surface area contributed by atoms with E-state index in [1.165, 1.54) is 0 Å². The zero-order valence-electron chi connectivity index (χ0n) is 43.0. The molecule has 0 saturated heterocycles. The Morgan fingerprint density at radius 1 is 0.294 bits per heavy atom. The molecule has 0 heterocycles. The first kappa shape index (κ1) is 63.0. The SMILES string of the molecule is CC/C=C\C/C=C\C/C=C\C/C=C\C/C=C\CCCCCC(=O)OCC(COC(=O)CCCCCC/C=C\C/C=C\C/C=C\CC)OC(=O)CCC/C=C\C/C=C\C/C=C\C/C=C\C/C=C\CC. The number of esters is 3. The van der Waals surface area contributed by atoms with E-state index in [1.807, 2.05) is 0 Å². The summed E-state index contributed by atoms with van der Waals surface area (Å²) in [6, 6.07) is 0. The fraction of sp³-hybridized carbons (Fsp3) is 0.532. The summed E-state index contributed by atoms with van der Waals surface area (Å²) in [5.41, 5.74) is 0. The lowest BCUT2D eigenvalue weighted by molar-refractivity contribution is -0.167. The molecule has 0 aromatic heterocycles. The predicted octanol–water partition coefficient (Wildman–Crippen LogP) is 17.8. The molecule has 0 aliphatic heterocycles. The molecule has 6 nitrogen and oxygen atoms in total. The molecule has 0 aliphatic rings. The second-order valence-electron chi connectivity index (χ2n) is 16.6. The summed E-state index contributed by atoms with van der Waals surface area (Å²) in [7, 11) is 0. The summed E-state index contributed by atoms with van der Waals surface area (Å²) >= 11 is 0. The molecule has 0 N–H and O–H groups in total. The van der Waals surface area contributed by atoms with Gasteiger partial charge in [-0.2, -0.15) is 0 Å². The Kier molecular flexibility index (Phi) is 50.6. The van der Waals surface area contributed by atoms with Crippen LogP contribution in [0.4, 0.5) is 0 Å². The highest BCUT2D eigenvalue weighted by Crippen LogP contribution is 2.11. The van der Waals surface area contributed by atoms with Crippen molar-refractivity contribution in [3.8, 4) is 0 Å². The summed E-state index contributed by atoms with van der Waals surface area (Å²) in [4.78, 5) is 38.0. The molecule has 0 aliphatic carbocycles. The fourth-order valence-corrected chi connectivity index (χ4v) is 6.40. The van der Waals surface area contributed by atoms with Crippen LogP contribution in [-0.2, 0) is 28.6 Å². The van der Waals surface area contributed by atoms with Crippen molar-refractivity contribution in [2.75, 3.05) is 13.2 Å². The quantitative estimate of drug-likeness (QED) is 0.0262. The number of unbranched alkanes of at least 4 members (excludes halogenated alkanes) is 8. The van der Waals surface area contributed by atoms with Crippen molar-refractivity contribution in [2.24, 2.45) is 0 Å². The molecule has 1 unspecified atom stereocenters. The van der Waals surface area contributed by atoms with Gasteiger partial charge in [0, 0.05) is 19.3 Å². The van der Waals surface area contributed by atoms with Gasteiger partial charge < -0.3 is 14.2 Å². The number of ether oxygens (including phenoxy) is 3. The van der Waals surface area contributed by atoms with Crippen molar-refractivity contribution < 1.29 is 28.6 Å². The van der Waals surface area contributed by atoms with Crippen LogP contribution in [-0.4, -0.2) is 37.2 Å². The second kappa shape index (κ2) is 54.6. The van der Waals surface area contributed by atoms with E-state index in [-0.39, 0.29) is 31.6 Å². The molecule has 0 aromatic carbocycles. The van der Waals surface area contributed by atoms with Gasteiger partial charge in [-0.3, -0.25) is 14.4 Å². The van der Waals surface area contributed by atoms with Crippen molar-refractivity contribution in [1.82, 2.24) is 0 Å². The molecule has 0 radical (unpaired) electrons. The minimum Gasteiger partial charge on any atom is -0.462 e. The molecule has 0 rings (SSSR count). The zero-order valence-corrected chi connectivity index (χ0v) is 43.0. The van der Waals surface area contributed by atoms with Gasteiger partial charge in [-0.15, -0.1) is 0 Å². The summed E-state index contributed by atoms with van der Waals surface area (Å²) in [6.07, 6.45) is 79.5. The Balaban J connectivity index is 4.61. The van der Waals surface area contributed by atoms with E-state index in [1.54, 1.807) is 0 Å². The highest BCUT2D eigenvalue weighted by molar-refractivity contribution is 5.71. The van der Waals surface area contributed by atoms with Crippen LogP contribution in [0.1, 0.15) is 194 Å². The highest BCUT2D eigenvalue weighted by atomic mass is 16.6. The minimum atomic E-state index is -0.839. The van der Waals surface area contributed by atoms with Gasteiger partial charge in [-0.25, -0.2) is 0 Å². The van der Waals surface area contributed by atoms with Crippen LogP contribution in [0.2, 0.25) is 0 Å². The first-order chi connectivity index (χ1) is 33.5. The molecule has 0 aromatic rings. The molecular weight excluding hydrogens is 841 g/mol. The summed E-state index contributed by atoms with van der Waals surface area (Å²) in [5, 5.41) is 0. The highest BCUT2D eigenvalue weighted by Gasteiger charge is 2.19. The molecule has 0 bridgehead atoms. The zero-order chi connectivity index (χ0) is 49.3. The van der Waals surface area contributed by atoms with E-state index >= 15 is 0 Å². The molecule has 378 valence electrons. The Bertz CT molecular complexity index is 1590. The third-order valence-electron chi connectivity index (χ3n) is 10.3. The maximum atomic E-state index is 12.8. The van der Waals surface area contributed by atoms with Crippen LogP contribution in [0.15, 0.2) is 158 Å². The van der Waals surface area contributed by atoms with Crippen molar-refractivity contribution in [3.63, 3.8) is 0 Å². The van der Waals surface area contributed by atoms with Crippen LogP contribution in [0.5, 0.6) is 0 Å². The molecule has 0 amide bonds. The molecule has 1 atom stereocenters. The van der Waals surface area contributed by atoms with E-state index in [2.05, 4.69) is 179 Å². The van der Waals surface area contributed by atoms with Crippen LogP contribution in [0, 0.1) is 0 Å². The number of hydrogen-bond acceptors (Lipinski definition) is 6. The normalized spacial score (nSPS) is 13.4. The lowest BCUT2D eigenvalue weighted by atomic mass is 10.1. The van der Waals surface area contributed by atoms with Crippen LogP contribution in [0.3, 0.4) is 0 Å². The number of allylic oxidation sites excluding steroid dienone is 26. The van der Waals surface area contributed by atoms with Gasteiger partial charge in [-0.05, 0) is 135 Å². The molecule has 0 saturated carbocycles. The van der Waals surface area contributed by atoms with Crippen LogP contribution in [0.25, 0.3) is 0 Å². The third kappa shape index (κ3) is 52.0. The molecule has 68 heavy (non-hydrogen) atoms. The fourth-order valence-electron chi connectivity index (χ4n) is 6.40. The monoisotopic (exact) mass is 935 g/mol. The maximum Gasteiger partial charge on any atom is 0.306 e. The van der Waals surface area contributed by atoms with E-state index in [9.17, 15) is 14.4 Å². The van der Waals surface area contributed by atoms with E-state index in [4.69, 9.17) is 14.2 Å². The molecule has 6 heteroatoms. The average Bonchev–Trinajstić information content (AvgIpc) is 3.34. The Labute approximate surface area is 416 Å². The van der Waals surface area contributed by atoms with E-state index < -0.39 is 12.1 Å². The number of hydrogen-bond donors (Lipinski definition) is 0. The van der Waals surface area contributed by atoms with Gasteiger partial charge in [-0.1, -0.05) is 198 Å².